The zero-order valence-electron chi connectivity index (χ0n) is 18.2. The van der Waals surface area contributed by atoms with Gasteiger partial charge >= 0.3 is 0 Å². The molecule has 2 aliphatic rings. The zero-order valence-corrected chi connectivity index (χ0v) is 19.7. The number of benzene rings is 2. The molecule has 1 saturated carbocycles. The molecule has 182 valence electrons. The maximum absolute atomic E-state index is 13.5. The summed E-state index contributed by atoms with van der Waals surface area (Å²) in [6.07, 6.45) is 1.33. The average molecular weight is 511 g/mol. The molecule has 0 aromatic heterocycles. The standard InChI is InChI=1S/C24H25Cl2FN2O5/c25-13-1-8-21-17(9-13)20(30)11-22(34-21)24(32)29-15-4-2-14(3-5-15)28-23(31)12-33-16-6-7-18(26)19(27)10-16/h1,6-10,14-15,20,22,30H,2-5,11-12H2,(H,28,31)(H,29,32)/t14-,15-,20?,22?. The summed E-state index contributed by atoms with van der Waals surface area (Å²) < 4.78 is 24.6. The van der Waals surface area contributed by atoms with Crippen LogP contribution in [0.3, 0.4) is 0 Å². The van der Waals surface area contributed by atoms with Gasteiger partial charge in [-0.05, 0) is 56.0 Å². The van der Waals surface area contributed by atoms with E-state index in [0.29, 0.717) is 42.0 Å². The largest absolute Gasteiger partial charge is 0.484 e. The molecule has 2 amide bonds. The maximum atomic E-state index is 13.5. The van der Waals surface area contributed by atoms with Crippen molar-refractivity contribution >= 4 is 35.0 Å². The lowest BCUT2D eigenvalue weighted by Gasteiger charge is -2.33. The molecule has 4 rings (SSSR count). The number of carbonyl (C=O) groups is 2. The predicted molar refractivity (Wildman–Crippen MR) is 125 cm³/mol. The van der Waals surface area contributed by atoms with Crippen molar-refractivity contribution in [3.05, 3.63) is 57.8 Å². The van der Waals surface area contributed by atoms with Crippen LogP contribution in [0.4, 0.5) is 4.39 Å². The summed E-state index contributed by atoms with van der Waals surface area (Å²) in [5.74, 6) is -0.494. The number of fused-ring (bicyclic) bond motifs is 1. The van der Waals surface area contributed by atoms with Crippen molar-refractivity contribution in [2.24, 2.45) is 0 Å². The van der Waals surface area contributed by atoms with E-state index in [4.69, 9.17) is 32.7 Å². The van der Waals surface area contributed by atoms with Crippen molar-refractivity contribution in [2.75, 3.05) is 6.61 Å². The smallest absolute Gasteiger partial charge is 0.261 e. The summed E-state index contributed by atoms with van der Waals surface area (Å²) in [5, 5.41) is 16.8. The van der Waals surface area contributed by atoms with Crippen molar-refractivity contribution < 1.29 is 28.6 Å². The number of hydrogen-bond acceptors (Lipinski definition) is 5. The van der Waals surface area contributed by atoms with Crippen LogP contribution in [0, 0.1) is 5.82 Å². The Kier molecular flexibility index (Phi) is 7.80. The van der Waals surface area contributed by atoms with Crippen LogP contribution >= 0.6 is 23.2 Å². The van der Waals surface area contributed by atoms with Crippen LogP contribution in [-0.2, 0) is 9.59 Å². The second-order valence-electron chi connectivity index (χ2n) is 8.53. The normalized spacial score (nSPS) is 23.9. The minimum absolute atomic E-state index is 0.0124. The molecule has 0 spiro atoms. The average Bonchev–Trinajstić information content (AvgIpc) is 2.81. The van der Waals surface area contributed by atoms with E-state index in [2.05, 4.69) is 10.6 Å². The van der Waals surface area contributed by atoms with Gasteiger partial charge in [-0.15, -0.1) is 0 Å². The van der Waals surface area contributed by atoms with E-state index in [1.165, 1.54) is 12.1 Å². The molecule has 1 heterocycles. The van der Waals surface area contributed by atoms with Gasteiger partial charge < -0.3 is 25.2 Å². The molecule has 2 unspecified atom stereocenters. The molecule has 1 aliphatic heterocycles. The number of aliphatic hydroxyl groups excluding tert-OH is 1. The minimum atomic E-state index is -0.823. The number of halogens is 3. The maximum Gasteiger partial charge on any atom is 0.261 e. The number of nitrogens with one attached hydrogen (secondary N) is 2. The zero-order chi connectivity index (χ0) is 24.2. The molecule has 2 aromatic rings. The Bertz CT molecular complexity index is 1060. The lowest BCUT2D eigenvalue weighted by molar-refractivity contribution is -0.131. The summed E-state index contributed by atoms with van der Waals surface area (Å²) in [6.45, 7) is -0.230. The Morgan fingerprint density at radius 1 is 1.06 bits per heavy atom. The highest BCUT2D eigenvalue weighted by molar-refractivity contribution is 6.31. The van der Waals surface area contributed by atoms with Crippen LogP contribution in [0.1, 0.15) is 43.8 Å². The van der Waals surface area contributed by atoms with Crippen molar-refractivity contribution in [1.82, 2.24) is 10.6 Å². The van der Waals surface area contributed by atoms with Gasteiger partial charge in [-0.25, -0.2) is 4.39 Å². The van der Waals surface area contributed by atoms with Crippen molar-refractivity contribution in [2.45, 2.75) is 56.4 Å². The second-order valence-corrected chi connectivity index (χ2v) is 9.37. The Hall–Kier alpha value is -2.55. The Labute approximate surface area is 206 Å². The number of amides is 2. The van der Waals surface area contributed by atoms with Gasteiger partial charge in [0.15, 0.2) is 12.7 Å². The Morgan fingerprint density at radius 3 is 2.47 bits per heavy atom. The van der Waals surface area contributed by atoms with Crippen molar-refractivity contribution in [3.63, 3.8) is 0 Å². The van der Waals surface area contributed by atoms with Gasteiger partial charge in [-0.3, -0.25) is 9.59 Å². The fraction of sp³-hybridized carbons (Fsp3) is 0.417. The molecule has 0 saturated heterocycles. The lowest BCUT2D eigenvalue weighted by atomic mass is 9.90. The van der Waals surface area contributed by atoms with Crippen LogP contribution in [0.25, 0.3) is 0 Å². The van der Waals surface area contributed by atoms with Gasteiger partial charge in [0.05, 0.1) is 11.1 Å². The molecule has 2 aromatic carbocycles. The molecule has 34 heavy (non-hydrogen) atoms. The highest BCUT2D eigenvalue weighted by Crippen LogP contribution is 2.36. The number of carbonyl (C=O) groups excluding carboxylic acids is 2. The molecule has 2 atom stereocenters. The number of hydrogen-bond donors (Lipinski definition) is 3. The van der Waals surface area contributed by atoms with Crippen molar-refractivity contribution in [3.8, 4) is 11.5 Å². The monoisotopic (exact) mass is 510 g/mol. The van der Waals surface area contributed by atoms with E-state index >= 15 is 0 Å². The third kappa shape index (κ3) is 6.11. The molecule has 0 bridgehead atoms. The predicted octanol–water partition coefficient (Wildman–Crippen LogP) is 3.94. The topological polar surface area (TPSA) is 96.9 Å². The summed E-state index contributed by atoms with van der Waals surface area (Å²) >= 11 is 11.6. The van der Waals surface area contributed by atoms with Gasteiger partial charge in [0.1, 0.15) is 17.3 Å². The summed E-state index contributed by atoms with van der Waals surface area (Å²) in [4.78, 5) is 24.9. The minimum Gasteiger partial charge on any atom is -0.484 e. The fourth-order valence-corrected chi connectivity index (χ4v) is 4.54. The molecule has 1 fully saturated rings. The second kappa shape index (κ2) is 10.8. The van der Waals surface area contributed by atoms with E-state index in [-0.39, 0.29) is 47.7 Å². The van der Waals surface area contributed by atoms with E-state index < -0.39 is 18.0 Å². The number of rotatable bonds is 6. The van der Waals surface area contributed by atoms with Gasteiger partial charge in [0.2, 0.25) is 0 Å². The van der Waals surface area contributed by atoms with E-state index in [1.54, 1.807) is 18.2 Å². The summed E-state index contributed by atoms with van der Waals surface area (Å²) in [5.41, 5.74) is 0.581. The molecular formula is C24H25Cl2FN2O5. The van der Waals surface area contributed by atoms with Crippen LogP contribution in [0.2, 0.25) is 10.0 Å². The van der Waals surface area contributed by atoms with Crippen LogP contribution in [0.15, 0.2) is 36.4 Å². The molecule has 0 radical (unpaired) electrons. The van der Waals surface area contributed by atoms with Crippen molar-refractivity contribution in [1.29, 1.82) is 0 Å². The highest BCUT2D eigenvalue weighted by Gasteiger charge is 2.33. The molecule has 10 heteroatoms. The number of ether oxygens (including phenoxy) is 2. The quantitative estimate of drug-likeness (QED) is 0.546. The number of aliphatic hydroxyl groups is 1. The van der Waals surface area contributed by atoms with Gasteiger partial charge in [0, 0.05) is 35.2 Å². The molecule has 3 N–H and O–H groups in total. The summed E-state index contributed by atoms with van der Waals surface area (Å²) in [6, 6.07) is 8.87. The van der Waals surface area contributed by atoms with E-state index in [1.807, 2.05) is 0 Å². The van der Waals surface area contributed by atoms with E-state index in [0.717, 1.165) is 6.07 Å². The molecular weight excluding hydrogens is 486 g/mol. The van der Waals surface area contributed by atoms with Crippen LogP contribution in [-0.4, -0.2) is 41.7 Å². The van der Waals surface area contributed by atoms with Gasteiger partial charge in [-0.2, -0.15) is 0 Å². The van der Waals surface area contributed by atoms with Crippen LogP contribution < -0.4 is 20.1 Å². The third-order valence-electron chi connectivity index (χ3n) is 6.03. The molecule has 7 nitrogen and oxygen atoms in total. The first kappa shape index (κ1) is 24.6. The highest BCUT2D eigenvalue weighted by atomic mass is 35.5. The first-order valence-electron chi connectivity index (χ1n) is 11.1. The Balaban J connectivity index is 1.19. The third-order valence-corrected chi connectivity index (χ3v) is 6.57. The van der Waals surface area contributed by atoms with E-state index in [9.17, 15) is 19.1 Å². The first-order valence-corrected chi connectivity index (χ1v) is 11.9. The molecule has 1 aliphatic carbocycles. The fourth-order valence-electron chi connectivity index (χ4n) is 4.24. The van der Waals surface area contributed by atoms with Gasteiger partial charge in [-0.1, -0.05) is 23.2 Å². The summed E-state index contributed by atoms with van der Waals surface area (Å²) in [7, 11) is 0. The SMILES string of the molecule is O=C(COc1ccc(Cl)c(F)c1)N[C@H]1CC[C@H](NC(=O)C2CC(O)c3cc(Cl)ccc3O2)CC1. The lowest BCUT2D eigenvalue weighted by Crippen LogP contribution is -2.49. The van der Waals surface area contributed by atoms with Gasteiger partial charge in [0.25, 0.3) is 11.8 Å². The Morgan fingerprint density at radius 2 is 1.76 bits per heavy atom. The van der Waals surface area contributed by atoms with Crippen LogP contribution in [0.5, 0.6) is 11.5 Å². The first-order chi connectivity index (χ1) is 16.3.